The van der Waals surface area contributed by atoms with E-state index in [1.54, 1.807) is 0 Å². The van der Waals surface area contributed by atoms with Crippen molar-refractivity contribution in [3.8, 4) is 33.4 Å². The lowest BCUT2D eigenvalue weighted by atomic mass is 9.91. The summed E-state index contributed by atoms with van der Waals surface area (Å²) >= 11 is 0. The van der Waals surface area contributed by atoms with Crippen LogP contribution in [-0.4, -0.2) is 0 Å². The molecule has 0 bridgehead atoms. The Morgan fingerprint density at radius 3 is 1.66 bits per heavy atom. The van der Waals surface area contributed by atoms with E-state index in [1.807, 2.05) is 0 Å². The first-order chi connectivity index (χ1) is 27.8. The zero-order valence-corrected chi connectivity index (χ0v) is 30.6. The first-order valence-electron chi connectivity index (χ1n) is 19.2. The normalized spacial score (nSPS) is 11.6. The van der Waals surface area contributed by atoms with Crippen molar-refractivity contribution in [3.05, 3.63) is 212 Å². The fraction of sp³-hybridized carbons (Fsp3) is 0. The fourth-order valence-corrected chi connectivity index (χ4v) is 8.57. The van der Waals surface area contributed by atoms with Crippen molar-refractivity contribution in [2.45, 2.75) is 0 Å². The third-order valence-corrected chi connectivity index (χ3v) is 11.2. The average Bonchev–Trinajstić information content (AvgIpc) is 3.66. The highest BCUT2D eigenvalue weighted by atomic mass is 16.3. The van der Waals surface area contributed by atoms with Gasteiger partial charge >= 0.3 is 0 Å². The summed E-state index contributed by atoms with van der Waals surface area (Å²) in [5.41, 5.74) is 12.0. The Bertz CT molecular complexity index is 3190. The van der Waals surface area contributed by atoms with E-state index in [0.29, 0.717) is 0 Å². The Balaban J connectivity index is 1.22. The summed E-state index contributed by atoms with van der Waals surface area (Å²) in [6.45, 7) is 0. The van der Waals surface area contributed by atoms with Gasteiger partial charge in [0.05, 0.1) is 5.69 Å². The standard InChI is InChI=1S/C54H35NO/c1-3-15-36(16-4-1)40-31-41(37-17-5-2-6-18-37)33-43(32-40)55(42-28-30-53-51(35-42)49-29-27-38-19-7-10-22-45(38)54(49)56-53)52-26-14-13-25-48(52)50-34-39-20-8-9-21-44(39)46-23-11-12-24-47(46)50/h1-35H. The third kappa shape index (κ3) is 5.34. The van der Waals surface area contributed by atoms with Crippen LogP contribution in [0.3, 0.4) is 0 Å². The molecule has 1 heterocycles. The highest BCUT2D eigenvalue weighted by Gasteiger charge is 2.22. The molecule has 2 heteroatoms. The van der Waals surface area contributed by atoms with Crippen LogP contribution in [0, 0.1) is 0 Å². The molecule has 262 valence electrons. The molecule has 0 saturated carbocycles. The zero-order chi connectivity index (χ0) is 37.0. The lowest BCUT2D eigenvalue weighted by Crippen LogP contribution is -2.11. The van der Waals surface area contributed by atoms with Crippen molar-refractivity contribution < 1.29 is 4.42 Å². The summed E-state index contributed by atoms with van der Waals surface area (Å²) in [4.78, 5) is 2.44. The SMILES string of the molecule is c1ccc(-c2cc(-c3ccccc3)cc(N(c3ccc4oc5c6ccccc6ccc5c4c3)c3ccccc3-c3cc4ccccc4c4ccccc34)c2)cc1. The maximum atomic E-state index is 6.63. The van der Waals surface area contributed by atoms with E-state index in [0.717, 1.165) is 61.1 Å². The van der Waals surface area contributed by atoms with Crippen molar-refractivity contribution >= 4 is 71.3 Å². The second-order valence-corrected chi connectivity index (χ2v) is 14.5. The van der Waals surface area contributed by atoms with Crippen LogP contribution in [0.25, 0.3) is 87.6 Å². The van der Waals surface area contributed by atoms with Crippen molar-refractivity contribution in [2.75, 3.05) is 4.90 Å². The maximum absolute atomic E-state index is 6.63. The first kappa shape index (κ1) is 32.0. The molecule has 1 aromatic heterocycles. The summed E-state index contributed by atoms with van der Waals surface area (Å²) in [5, 5.41) is 9.44. The number of nitrogens with zero attached hydrogens (tertiary/aromatic N) is 1. The summed E-state index contributed by atoms with van der Waals surface area (Å²) in [5.74, 6) is 0. The molecule has 0 fully saturated rings. The van der Waals surface area contributed by atoms with Gasteiger partial charge in [-0.1, -0.05) is 158 Å². The van der Waals surface area contributed by atoms with Crippen LogP contribution in [0.5, 0.6) is 0 Å². The minimum atomic E-state index is 0.872. The van der Waals surface area contributed by atoms with Gasteiger partial charge in [0, 0.05) is 33.1 Å². The maximum Gasteiger partial charge on any atom is 0.143 e. The van der Waals surface area contributed by atoms with E-state index < -0.39 is 0 Å². The smallest absolute Gasteiger partial charge is 0.143 e. The molecule has 0 N–H and O–H groups in total. The molecule has 0 atom stereocenters. The largest absolute Gasteiger partial charge is 0.455 e. The van der Waals surface area contributed by atoms with Crippen LogP contribution < -0.4 is 4.90 Å². The molecule has 0 spiro atoms. The average molecular weight is 714 g/mol. The molecule has 0 amide bonds. The Kier molecular flexibility index (Phi) is 7.53. The molecule has 56 heavy (non-hydrogen) atoms. The molecule has 11 rings (SSSR count). The van der Waals surface area contributed by atoms with E-state index in [4.69, 9.17) is 4.42 Å². The number of fused-ring (bicyclic) bond motifs is 8. The van der Waals surface area contributed by atoms with E-state index in [1.165, 1.54) is 43.6 Å². The molecule has 0 radical (unpaired) electrons. The van der Waals surface area contributed by atoms with E-state index in [2.05, 4.69) is 217 Å². The van der Waals surface area contributed by atoms with Crippen LogP contribution >= 0.6 is 0 Å². The number of anilines is 3. The molecular formula is C54H35NO. The molecule has 10 aromatic carbocycles. The highest BCUT2D eigenvalue weighted by molar-refractivity contribution is 6.17. The van der Waals surface area contributed by atoms with Crippen LogP contribution in [0.4, 0.5) is 17.1 Å². The minimum Gasteiger partial charge on any atom is -0.455 e. The van der Waals surface area contributed by atoms with E-state index >= 15 is 0 Å². The summed E-state index contributed by atoms with van der Waals surface area (Å²) in [6, 6.07) is 76.6. The summed E-state index contributed by atoms with van der Waals surface area (Å²) in [6.07, 6.45) is 0. The van der Waals surface area contributed by atoms with Gasteiger partial charge < -0.3 is 9.32 Å². The van der Waals surface area contributed by atoms with E-state index in [9.17, 15) is 0 Å². The molecule has 11 aromatic rings. The van der Waals surface area contributed by atoms with Crippen LogP contribution in [0.1, 0.15) is 0 Å². The van der Waals surface area contributed by atoms with Crippen LogP contribution in [-0.2, 0) is 0 Å². The zero-order valence-electron chi connectivity index (χ0n) is 30.6. The number of hydrogen-bond donors (Lipinski definition) is 0. The molecule has 0 aliphatic heterocycles. The molecule has 0 aliphatic carbocycles. The topological polar surface area (TPSA) is 16.4 Å². The highest BCUT2D eigenvalue weighted by Crippen LogP contribution is 2.47. The fourth-order valence-electron chi connectivity index (χ4n) is 8.57. The second kappa shape index (κ2) is 13.2. The van der Waals surface area contributed by atoms with Crippen LogP contribution in [0.15, 0.2) is 217 Å². The number of hydrogen-bond acceptors (Lipinski definition) is 2. The van der Waals surface area contributed by atoms with Crippen LogP contribution in [0.2, 0.25) is 0 Å². The van der Waals surface area contributed by atoms with Gasteiger partial charge in [0.15, 0.2) is 0 Å². The van der Waals surface area contributed by atoms with Gasteiger partial charge in [0.25, 0.3) is 0 Å². The lowest BCUT2D eigenvalue weighted by molar-refractivity contribution is 0.672. The molecule has 0 saturated heterocycles. The lowest BCUT2D eigenvalue weighted by Gasteiger charge is -2.29. The molecular weight excluding hydrogens is 679 g/mol. The summed E-state index contributed by atoms with van der Waals surface area (Å²) in [7, 11) is 0. The molecule has 2 nitrogen and oxygen atoms in total. The Labute approximate surface area is 325 Å². The van der Waals surface area contributed by atoms with Crippen molar-refractivity contribution in [1.29, 1.82) is 0 Å². The predicted octanol–water partition coefficient (Wildman–Crippen LogP) is 15.5. The third-order valence-electron chi connectivity index (χ3n) is 11.2. The number of benzene rings is 10. The molecule has 0 aliphatic rings. The number of furan rings is 1. The molecule has 0 unspecified atom stereocenters. The van der Waals surface area contributed by atoms with Crippen molar-refractivity contribution in [2.24, 2.45) is 0 Å². The predicted molar refractivity (Wildman–Crippen MR) is 237 cm³/mol. The Hall–Kier alpha value is -7.42. The van der Waals surface area contributed by atoms with Gasteiger partial charge in [-0.05, 0) is 109 Å². The van der Waals surface area contributed by atoms with Gasteiger partial charge in [0.1, 0.15) is 11.2 Å². The van der Waals surface area contributed by atoms with Crippen molar-refractivity contribution in [3.63, 3.8) is 0 Å². The summed E-state index contributed by atoms with van der Waals surface area (Å²) < 4.78 is 6.63. The van der Waals surface area contributed by atoms with E-state index in [-0.39, 0.29) is 0 Å². The first-order valence-corrected chi connectivity index (χ1v) is 19.2. The minimum absolute atomic E-state index is 0.872. The second-order valence-electron chi connectivity index (χ2n) is 14.5. The number of para-hydroxylation sites is 1. The quantitative estimate of drug-likeness (QED) is 0.160. The van der Waals surface area contributed by atoms with Gasteiger partial charge in [0.2, 0.25) is 0 Å². The van der Waals surface area contributed by atoms with Gasteiger partial charge in [-0.25, -0.2) is 0 Å². The van der Waals surface area contributed by atoms with Gasteiger partial charge in [-0.2, -0.15) is 0 Å². The number of rotatable bonds is 6. The van der Waals surface area contributed by atoms with Crippen molar-refractivity contribution in [1.82, 2.24) is 0 Å². The Morgan fingerprint density at radius 1 is 0.304 bits per heavy atom. The van der Waals surface area contributed by atoms with Gasteiger partial charge in [-0.15, -0.1) is 0 Å². The Morgan fingerprint density at radius 2 is 0.911 bits per heavy atom. The van der Waals surface area contributed by atoms with Gasteiger partial charge in [-0.3, -0.25) is 0 Å². The monoisotopic (exact) mass is 713 g/mol.